The maximum atomic E-state index is 11.7. The highest BCUT2D eigenvalue weighted by Crippen LogP contribution is 2.22. The van der Waals surface area contributed by atoms with Gasteiger partial charge < -0.3 is 4.74 Å². The number of ether oxygens (including phenoxy) is 1. The van der Waals surface area contributed by atoms with Gasteiger partial charge in [0.25, 0.3) is 0 Å². The predicted molar refractivity (Wildman–Crippen MR) is 70.1 cm³/mol. The number of hydrogen-bond acceptors (Lipinski definition) is 4. The molecule has 0 unspecified atom stereocenters. The van der Waals surface area contributed by atoms with Gasteiger partial charge in [-0.15, -0.1) is 11.3 Å². The summed E-state index contributed by atoms with van der Waals surface area (Å²) in [6.45, 7) is 2.17. The van der Waals surface area contributed by atoms with Gasteiger partial charge in [0.2, 0.25) is 5.01 Å². The normalized spacial score (nSPS) is 10.2. The molecular weight excluding hydrogens is 302 g/mol. The second kappa shape index (κ2) is 5.42. The van der Waals surface area contributed by atoms with Crippen molar-refractivity contribution < 1.29 is 9.53 Å². The van der Waals surface area contributed by atoms with E-state index in [0.717, 1.165) is 10.4 Å². The SMILES string of the molecule is Cc1sc(C(=O)OCc2ccccc2)nc1Br. The van der Waals surface area contributed by atoms with Crippen LogP contribution in [-0.2, 0) is 11.3 Å². The van der Waals surface area contributed by atoms with E-state index in [1.807, 2.05) is 37.3 Å². The summed E-state index contributed by atoms with van der Waals surface area (Å²) in [6, 6.07) is 9.57. The van der Waals surface area contributed by atoms with Crippen LogP contribution in [0.15, 0.2) is 34.9 Å². The quantitative estimate of drug-likeness (QED) is 0.813. The Kier molecular flexibility index (Phi) is 3.91. The average Bonchev–Trinajstić information content (AvgIpc) is 2.68. The van der Waals surface area contributed by atoms with Gasteiger partial charge in [-0.05, 0) is 28.4 Å². The highest BCUT2D eigenvalue weighted by Gasteiger charge is 2.14. The largest absolute Gasteiger partial charge is 0.455 e. The Morgan fingerprint density at radius 1 is 1.41 bits per heavy atom. The molecule has 5 heteroatoms. The van der Waals surface area contributed by atoms with Crippen LogP contribution in [0.2, 0.25) is 0 Å². The van der Waals surface area contributed by atoms with Crippen molar-refractivity contribution in [2.75, 3.05) is 0 Å². The monoisotopic (exact) mass is 311 g/mol. The summed E-state index contributed by atoms with van der Waals surface area (Å²) in [7, 11) is 0. The van der Waals surface area contributed by atoms with Gasteiger partial charge in [0, 0.05) is 4.88 Å². The van der Waals surface area contributed by atoms with E-state index in [2.05, 4.69) is 20.9 Å². The molecule has 1 aromatic carbocycles. The van der Waals surface area contributed by atoms with Crippen LogP contribution in [-0.4, -0.2) is 11.0 Å². The molecular formula is C12H10BrNO2S. The third kappa shape index (κ3) is 3.14. The van der Waals surface area contributed by atoms with Crippen molar-refractivity contribution in [2.24, 2.45) is 0 Å². The molecule has 0 atom stereocenters. The van der Waals surface area contributed by atoms with Gasteiger partial charge in [0.05, 0.1) is 0 Å². The fourth-order valence-corrected chi connectivity index (χ4v) is 2.49. The molecule has 0 radical (unpaired) electrons. The highest BCUT2D eigenvalue weighted by molar-refractivity contribution is 9.10. The van der Waals surface area contributed by atoms with E-state index in [4.69, 9.17) is 4.74 Å². The number of carbonyl (C=O) groups excluding carboxylic acids is 1. The van der Waals surface area contributed by atoms with Crippen LogP contribution in [0.3, 0.4) is 0 Å². The molecule has 0 N–H and O–H groups in total. The third-order valence-corrected chi connectivity index (χ3v) is 4.11. The Hall–Kier alpha value is -1.20. The molecule has 2 rings (SSSR count). The molecule has 0 aliphatic rings. The van der Waals surface area contributed by atoms with E-state index in [-0.39, 0.29) is 12.6 Å². The number of rotatable bonds is 3. The van der Waals surface area contributed by atoms with Gasteiger partial charge >= 0.3 is 5.97 Å². The topological polar surface area (TPSA) is 39.2 Å². The Labute approximate surface area is 112 Å². The third-order valence-electron chi connectivity index (χ3n) is 2.13. The fourth-order valence-electron chi connectivity index (χ4n) is 1.25. The van der Waals surface area contributed by atoms with Crippen LogP contribution in [0.5, 0.6) is 0 Å². The number of aromatic nitrogens is 1. The van der Waals surface area contributed by atoms with Crippen molar-refractivity contribution in [2.45, 2.75) is 13.5 Å². The minimum Gasteiger partial charge on any atom is -0.455 e. The maximum Gasteiger partial charge on any atom is 0.367 e. The summed E-state index contributed by atoms with van der Waals surface area (Å²) >= 11 is 4.60. The minimum absolute atomic E-state index is 0.274. The first kappa shape index (κ1) is 12.3. The summed E-state index contributed by atoms with van der Waals surface area (Å²) in [5, 5.41) is 0.380. The second-order valence-corrected chi connectivity index (χ2v) is 5.38. The number of thiazole rings is 1. The number of benzene rings is 1. The summed E-state index contributed by atoms with van der Waals surface area (Å²) in [4.78, 5) is 16.7. The Morgan fingerprint density at radius 3 is 2.71 bits per heavy atom. The van der Waals surface area contributed by atoms with Gasteiger partial charge in [0.15, 0.2) is 0 Å². The van der Waals surface area contributed by atoms with Crippen molar-refractivity contribution in [3.8, 4) is 0 Å². The lowest BCUT2D eigenvalue weighted by Crippen LogP contribution is -2.04. The van der Waals surface area contributed by atoms with Crippen molar-refractivity contribution in [1.29, 1.82) is 0 Å². The minimum atomic E-state index is -0.382. The van der Waals surface area contributed by atoms with E-state index in [1.165, 1.54) is 11.3 Å². The van der Waals surface area contributed by atoms with Gasteiger partial charge in [-0.3, -0.25) is 0 Å². The standard InChI is InChI=1S/C12H10BrNO2S/c1-8-10(13)14-11(17-8)12(15)16-7-9-5-3-2-4-6-9/h2-6H,7H2,1H3. The second-order valence-electron chi connectivity index (χ2n) is 3.43. The number of esters is 1. The zero-order valence-corrected chi connectivity index (χ0v) is 11.5. The lowest BCUT2D eigenvalue weighted by Gasteiger charge is -2.01. The van der Waals surface area contributed by atoms with Gasteiger partial charge in [-0.1, -0.05) is 30.3 Å². The average molecular weight is 312 g/mol. The molecule has 0 bridgehead atoms. The number of hydrogen-bond donors (Lipinski definition) is 0. The van der Waals surface area contributed by atoms with Gasteiger partial charge in [-0.2, -0.15) is 0 Å². The Bertz CT molecular complexity index is 505. The fraction of sp³-hybridized carbons (Fsp3) is 0.167. The first-order valence-electron chi connectivity index (χ1n) is 5.01. The molecule has 0 aliphatic heterocycles. The van der Waals surface area contributed by atoms with E-state index in [9.17, 15) is 4.79 Å². The first-order valence-corrected chi connectivity index (χ1v) is 6.62. The number of halogens is 1. The van der Waals surface area contributed by atoms with Crippen LogP contribution in [0.4, 0.5) is 0 Å². The van der Waals surface area contributed by atoms with Crippen molar-refractivity contribution in [3.63, 3.8) is 0 Å². The van der Waals surface area contributed by atoms with Crippen LogP contribution in [0.1, 0.15) is 20.2 Å². The molecule has 3 nitrogen and oxygen atoms in total. The predicted octanol–water partition coefficient (Wildman–Crippen LogP) is 3.57. The smallest absolute Gasteiger partial charge is 0.367 e. The van der Waals surface area contributed by atoms with Crippen molar-refractivity contribution in [1.82, 2.24) is 4.98 Å². The zero-order chi connectivity index (χ0) is 12.3. The van der Waals surface area contributed by atoms with Crippen molar-refractivity contribution in [3.05, 3.63) is 50.4 Å². The molecule has 2 aromatic rings. The number of nitrogens with zero attached hydrogens (tertiary/aromatic N) is 1. The molecule has 0 saturated carbocycles. The number of aryl methyl sites for hydroxylation is 1. The Balaban J connectivity index is 1.98. The highest BCUT2D eigenvalue weighted by atomic mass is 79.9. The molecule has 88 valence electrons. The lowest BCUT2D eigenvalue weighted by molar-refractivity contribution is 0.0472. The van der Waals surface area contributed by atoms with Crippen LogP contribution >= 0.6 is 27.3 Å². The van der Waals surface area contributed by atoms with E-state index >= 15 is 0 Å². The molecule has 1 heterocycles. The van der Waals surface area contributed by atoms with E-state index < -0.39 is 0 Å². The van der Waals surface area contributed by atoms with Crippen LogP contribution in [0.25, 0.3) is 0 Å². The summed E-state index contributed by atoms with van der Waals surface area (Å²) < 4.78 is 5.87. The zero-order valence-electron chi connectivity index (χ0n) is 9.14. The maximum absolute atomic E-state index is 11.7. The van der Waals surface area contributed by atoms with Gasteiger partial charge in [-0.25, -0.2) is 9.78 Å². The molecule has 0 fully saturated rings. The van der Waals surface area contributed by atoms with Crippen LogP contribution < -0.4 is 0 Å². The molecule has 0 spiro atoms. The summed E-state index contributed by atoms with van der Waals surface area (Å²) in [5.74, 6) is -0.382. The molecule has 0 saturated heterocycles. The summed E-state index contributed by atoms with van der Waals surface area (Å²) in [5.41, 5.74) is 0.966. The molecule has 1 aromatic heterocycles. The first-order chi connectivity index (χ1) is 8.16. The lowest BCUT2D eigenvalue weighted by atomic mass is 10.2. The van der Waals surface area contributed by atoms with Gasteiger partial charge in [0.1, 0.15) is 11.2 Å². The summed E-state index contributed by atoms with van der Waals surface area (Å²) in [6.07, 6.45) is 0. The molecule has 17 heavy (non-hydrogen) atoms. The molecule has 0 aliphatic carbocycles. The molecule has 0 amide bonds. The Morgan fingerprint density at radius 2 is 2.12 bits per heavy atom. The van der Waals surface area contributed by atoms with Crippen molar-refractivity contribution >= 4 is 33.2 Å². The van der Waals surface area contributed by atoms with Crippen LogP contribution in [0, 0.1) is 6.92 Å². The number of carbonyl (C=O) groups is 1. The van der Waals surface area contributed by atoms with E-state index in [1.54, 1.807) is 0 Å². The van der Waals surface area contributed by atoms with E-state index in [0.29, 0.717) is 9.61 Å².